The summed E-state index contributed by atoms with van der Waals surface area (Å²) >= 11 is 0. The molecule has 1 unspecified atom stereocenters. The molecule has 5 nitrogen and oxygen atoms in total. The number of nitrogen functional groups attached to an aromatic ring is 1. The first-order valence-electron chi connectivity index (χ1n) is 7.24. The summed E-state index contributed by atoms with van der Waals surface area (Å²) in [6.07, 6.45) is -0.0685. The lowest BCUT2D eigenvalue weighted by Crippen LogP contribution is -2.36. The van der Waals surface area contributed by atoms with Crippen LogP contribution in [0.15, 0.2) is 23.2 Å². The second kappa shape index (κ2) is 6.61. The number of benzene rings is 1. The molecule has 5 heteroatoms. The second-order valence-electron chi connectivity index (χ2n) is 4.93. The van der Waals surface area contributed by atoms with Crippen molar-refractivity contribution in [3.05, 3.63) is 18.2 Å². The van der Waals surface area contributed by atoms with E-state index in [9.17, 15) is 0 Å². The van der Waals surface area contributed by atoms with Gasteiger partial charge in [0, 0.05) is 18.3 Å². The van der Waals surface area contributed by atoms with Crippen molar-refractivity contribution in [1.29, 1.82) is 0 Å². The number of ether oxygens (including phenoxy) is 1. The summed E-state index contributed by atoms with van der Waals surface area (Å²) in [5, 5.41) is 3.33. The molecular weight excluding hydrogens is 252 g/mol. The van der Waals surface area contributed by atoms with Crippen molar-refractivity contribution >= 4 is 17.2 Å². The Bertz CT molecular complexity index is 483. The van der Waals surface area contributed by atoms with Crippen LogP contribution in [0, 0.1) is 0 Å². The molecule has 0 spiro atoms. The van der Waals surface area contributed by atoms with Crippen molar-refractivity contribution in [3.8, 4) is 5.75 Å². The number of hydrogen-bond donors (Lipinski definition) is 2. The molecule has 0 bridgehead atoms. The molecule has 1 heterocycles. The van der Waals surface area contributed by atoms with Crippen LogP contribution in [0.5, 0.6) is 5.75 Å². The topological polar surface area (TPSA) is 62.9 Å². The molecule has 0 aromatic heterocycles. The summed E-state index contributed by atoms with van der Waals surface area (Å²) < 4.78 is 5.85. The van der Waals surface area contributed by atoms with Gasteiger partial charge in [0.05, 0.1) is 12.2 Å². The van der Waals surface area contributed by atoms with E-state index >= 15 is 0 Å². The normalized spacial score (nSPS) is 19.6. The first-order valence-corrected chi connectivity index (χ1v) is 7.24. The standard InChI is InChI=1S/C15H24N4O/c1-4-19(5-2)9-8-17-15-11(3)20-14-10-12(16)6-7-13(14)18-15/h6-7,10-11H,4-5,8-9,16H2,1-3H3,(H,17,18). The number of aliphatic imine (C=N–C) groups is 1. The maximum atomic E-state index is 5.85. The molecule has 20 heavy (non-hydrogen) atoms. The SMILES string of the molecule is CCN(CC)CCN=C1Nc2ccc(N)cc2OC1C. The zero-order chi connectivity index (χ0) is 14.5. The Hall–Kier alpha value is -1.75. The largest absolute Gasteiger partial charge is 0.481 e. The zero-order valence-electron chi connectivity index (χ0n) is 12.5. The fraction of sp³-hybridized carbons (Fsp3) is 0.533. The van der Waals surface area contributed by atoms with Crippen molar-refractivity contribution in [2.24, 2.45) is 4.99 Å². The quantitative estimate of drug-likeness (QED) is 0.809. The molecule has 1 atom stereocenters. The van der Waals surface area contributed by atoms with Crippen LogP contribution in [0.2, 0.25) is 0 Å². The number of likely N-dealkylation sites (N-methyl/N-ethyl adjacent to an activating group) is 1. The van der Waals surface area contributed by atoms with E-state index in [1.165, 1.54) is 0 Å². The molecule has 1 aromatic carbocycles. The Labute approximate surface area is 120 Å². The number of nitrogens with one attached hydrogen (secondary N) is 1. The zero-order valence-corrected chi connectivity index (χ0v) is 12.5. The molecule has 0 radical (unpaired) electrons. The number of fused-ring (bicyclic) bond motifs is 1. The third-order valence-electron chi connectivity index (χ3n) is 3.55. The number of nitrogens with two attached hydrogens (primary N) is 1. The molecule has 1 aliphatic heterocycles. The summed E-state index contributed by atoms with van der Waals surface area (Å²) in [6, 6.07) is 5.63. The second-order valence-corrected chi connectivity index (χ2v) is 4.93. The lowest BCUT2D eigenvalue weighted by atomic mass is 10.2. The van der Waals surface area contributed by atoms with Crippen LogP contribution in [0.3, 0.4) is 0 Å². The third kappa shape index (κ3) is 3.42. The summed E-state index contributed by atoms with van der Waals surface area (Å²) in [5.74, 6) is 1.68. The summed E-state index contributed by atoms with van der Waals surface area (Å²) in [6.45, 7) is 10.2. The van der Waals surface area contributed by atoms with E-state index in [0.29, 0.717) is 5.69 Å². The Morgan fingerprint density at radius 3 is 2.80 bits per heavy atom. The van der Waals surface area contributed by atoms with Crippen molar-refractivity contribution in [2.45, 2.75) is 26.9 Å². The Morgan fingerprint density at radius 2 is 2.10 bits per heavy atom. The predicted molar refractivity (Wildman–Crippen MR) is 84.7 cm³/mol. The minimum absolute atomic E-state index is 0.0685. The molecule has 0 aliphatic carbocycles. The summed E-state index contributed by atoms with van der Waals surface area (Å²) in [7, 11) is 0. The van der Waals surface area contributed by atoms with Gasteiger partial charge in [0.25, 0.3) is 0 Å². The first kappa shape index (κ1) is 14.7. The predicted octanol–water partition coefficient (Wildman–Crippen LogP) is 2.20. The van der Waals surface area contributed by atoms with Gasteiger partial charge in [0.2, 0.25) is 0 Å². The molecule has 0 saturated heterocycles. The van der Waals surface area contributed by atoms with Gasteiger partial charge in [-0.25, -0.2) is 0 Å². The van der Waals surface area contributed by atoms with Crippen molar-refractivity contribution in [2.75, 3.05) is 37.2 Å². The van der Waals surface area contributed by atoms with E-state index in [4.69, 9.17) is 10.5 Å². The smallest absolute Gasteiger partial charge is 0.153 e. The average molecular weight is 276 g/mol. The Kier molecular flexibility index (Phi) is 4.84. The fourth-order valence-electron chi connectivity index (χ4n) is 2.25. The lowest BCUT2D eigenvalue weighted by molar-refractivity contribution is 0.281. The minimum atomic E-state index is -0.0685. The number of hydrogen-bond acceptors (Lipinski definition) is 4. The van der Waals surface area contributed by atoms with Crippen LogP contribution < -0.4 is 15.8 Å². The summed E-state index contributed by atoms with van der Waals surface area (Å²) in [5.41, 5.74) is 7.40. The van der Waals surface area contributed by atoms with Crippen LogP contribution in [0.4, 0.5) is 11.4 Å². The Balaban J connectivity index is 2.01. The fourth-order valence-corrected chi connectivity index (χ4v) is 2.25. The van der Waals surface area contributed by atoms with Crippen molar-refractivity contribution < 1.29 is 4.74 Å². The van der Waals surface area contributed by atoms with Crippen molar-refractivity contribution in [3.63, 3.8) is 0 Å². The third-order valence-corrected chi connectivity index (χ3v) is 3.55. The van der Waals surface area contributed by atoms with Gasteiger partial charge in [0.15, 0.2) is 6.10 Å². The minimum Gasteiger partial charge on any atom is -0.481 e. The van der Waals surface area contributed by atoms with E-state index in [2.05, 4.69) is 29.1 Å². The van der Waals surface area contributed by atoms with E-state index in [1.807, 2.05) is 25.1 Å². The van der Waals surface area contributed by atoms with Crippen LogP contribution in [-0.2, 0) is 0 Å². The first-order chi connectivity index (χ1) is 9.63. The highest BCUT2D eigenvalue weighted by Crippen LogP contribution is 2.31. The molecular formula is C15H24N4O. The van der Waals surface area contributed by atoms with Crippen LogP contribution in [0.1, 0.15) is 20.8 Å². The van der Waals surface area contributed by atoms with Gasteiger partial charge >= 0.3 is 0 Å². The van der Waals surface area contributed by atoms with E-state index in [-0.39, 0.29) is 6.10 Å². The molecule has 0 amide bonds. The maximum absolute atomic E-state index is 5.85. The molecule has 110 valence electrons. The van der Waals surface area contributed by atoms with Crippen LogP contribution in [0.25, 0.3) is 0 Å². The van der Waals surface area contributed by atoms with E-state index < -0.39 is 0 Å². The number of rotatable bonds is 5. The lowest BCUT2D eigenvalue weighted by Gasteiger charge is -2.27. The maximum Gasteiger partial charge on any atom is 0.153 e. The van der Waals surface area contributed by atoms with Gasteiger partial charge in [-0.15, -0.1) is 0 Å². The molecule has 0 fully saturated rings. The average Bonchev–Trinajstić information content (AvgIpc) is 2.44. The number of anilines is 2. The van der Waals surface area contributed by atoms with Crippen molar-refractivity contribution in [1.82, 2.24) is 4.90 Å². The van der Waals surface area contributed by atoms with Gasteiger partial charge in [-0.3, -0.25) is 4.99 Å². The van der Waals surface area contributed by atoms with Gasteiger partial charge in [0.1, 0.15) is 11.6 Å². The van der Waals surface area contributed by atoms with E-state index in [0.717, 1.165) is 43.5 Å². The highest BCUT2D eigenvalue weighted by Gasteiger charge is 2.21. The Morgan fingerprint density at radius 1 is 1.35 bits per heavy atom. The van der Waals surface area contributed by atoms with Gasteiger partial charge in [-0.1, -0.05) is 13.8 Å². The highest BCUT2D eigenvalue weighted by atomic mass is 16.5. The molecule has 1 aromatic rings. The molecule has 2 rings (SSSR count). The molecule has 1 aliphatic rings. The van der Waals surface area contributed by atoms with Crippen LogP contribution >= 0.6 is 0 Å². The monoisotopic (exact) mass is 276 g/mol. The van der Waals surface area contributed by atoms with Crippen LogP contribution in [-0.4, -0.2) is 43.0 Å². The van der Waals surface area contributed by atoms with Gasteiger partial charge < -0.3 is 20.7 Å². The highest BCUT2D eigenvalue weighted by molar-refractivity contribution is 6.01. The van der Waals surface area contributed by atoms with Gasteiger partial charge in [-0.05, 0) is 32.1 Å². The summed E-state index contributed by atoms with van der Waals surface area (Å²) in [4.78, 5) is 6.98. The van der Waals surface area contributed by atoms with Gasteiger partial charge in [-0.2, -0.15) is 0 Å². The molecule has 0 saturated carbocycles. The number of nitrogens with zero attached hydrogens (tertiary/aromatic N) is 2. The number of amidine groups is 1. The molecule has 3 N–H and O–H groups in total. The van der Waals surface area contributed by atoms with E-state index in [1.54, 1.807) is 0 Å².